The fraction of sp³-hybridized carbons (Fsp3) is 0.167. The predicted molar refractivity (Wildman–Crippen MR) is 109 cm³/mol. The summed E-state index contributed by atoms with van der Waals surface area (Å²) in [6, 6.07) is 12.6. The number of hydrogen-bond donors (Lipinski definition) is 2. The van der Waals surface area contributed by atoms with Gasteiger partial charge in [0.1, 0.15) is 4.99 Å². The number of nitrogens with one attached hydrogen (secondary N) is 1. The first kappa shape index (κ1) is 20.4. The van der Waals surface area contributed by atoms with Crippen molar-refractivity contribution in [3.05, 3.63) is 65.2 Å². The molecule has 0 saturated heterocycles. The number of rotatable bonds is 6. The van der Waals surface area contributed by atoms with Gasteiger partial charge < -0.3 is 0 Å². The van der Waals surface area contributed by atoms with Crippen LogP contribution < -0.4 is 4.72 Å². The Balaban J connectivity index is 2.16. The summed E-state index contributed by atoms with van der Waals surface area (Å²) in [7, 11) is -3.70. The van der Waals surface area contributed by atoms with Gasteiger partial charge in [0, 0.05) is 10.7 Å². The van der Waals surface area contributed by atoms with Crippen LogP contribution in [0.3, 0.4) is 0 Å². The molecule has 0 heterocycles. The van der Waals surface area contributed by atoms with E-state index in [-0.39, 0.29) is 10.9 Å². The minimum Gasteiger partial charge on any atom is -0.287 e. The second kappa shape index (κ2) is 8.64. The van der Waals surface area contributed by atoms with Gasteiger partial charge in [-0.25, -0.2) is 13.5 Å². The third kappa shape index (κ3) is 5.54. The van der Waals surface area contributed by atoms with Crippen LogP contribution in [0.4, 0.5) is 5.69 Å². The molecule has 0 aliphatic carbocycles. The molecule has 5 nitrogen and oxygen atoms in total. The highest BCUT2D eigenvalue weighted by atomic mass is 35.5. The number of sulfonamides is 1. The Morgan fingerprint density at radius 1 is 1.27 bits per heavy atom. The Bertz CT molecular complexity index is 912. The quantitative estimate of drug-likeness (QED) is 0.538. The van der Waals surface area contributed by atoms with Gasteiger partial charge in [0.25, 0.3) is 10.0 Å². The van der Waals surface area contributed by atoms with Crippen LogP contribution >= 0.6 is 23.8 Å². The Morgan fingerprint density at radius 3 is 2.54 bits per heavy atom. The Labute approximate surface area is 163 Å². The molecule has 0 saturated carbocycles. The minimum absolute atomic E-state index is 0.129. The van der Waals surface area contributed by atoms with Crippen LogP contribution in [-0.4, -0.2) is 29.7 Å². The average molecular weight is 411 g/mol. The van der Waals surface area contributed by atoms with Gasteiger partial charge in [0.15, 0.2) is 0 Å². The van der Waals surface area contributed by atoms with E-state index in [0.29, 0.717) is 15.7 Å². The van der Waals surface area contributed by atoms with E-state index >= 15 is 0 Å². The Morgan fingerprint density at radius 2 is 1.92 bits per heavy atom. The fourth-order valence-corrected chi connectivity index (χ4v) is 3.49. The van der Waals surface area contributed by atoms with Crippen LogP contribution in [0.1, 0.15) is 19.4 Å². The van der Waals surface area contributed by atoms with E-state index in [9.17, 15) is 13.6 Å². The zero-order valence-electron chi connectivity index (χ0n) is 14.3. The van der Waals surface area contributed by atoms with E-state index in [1.54, 1.807) is 44.2 Å². The Hall–Kier alpha value is -1.93. The maximum atomic E-state index is 12.4. The van der Waals surface area contributed by atoms with Gasteiger partial charge in [0.2, 0.25) is 0 Å². The standard InChI is InChI=1S/C18H19ClN2O3S2/c1-13(21(22)14(2)25)6-7-15-4-3-5-17(12-15)20-26(23,24)18-10-8-16(19)9-11-18/h3-13,20,22H,1-2H3/b7-6+. The van der Waals surface area contributed by atoms with Crippen molar-refractivity contribution in [2.24, 2.45) is 0 Å². The van der Waals surface area contributed by atoms with Crippen LogP contribution in [0.25, 0.3) is 6.08 Å². The molecule has 0 fully saturated rings. The highest BCUT2D eigenvalue weighted by Gasteiger charge is 2.14. The molecule has 0 bridgehead atoms. The molecule has 138 valence electrons. The summed E-state index contributed by atoms with van der Waals surface area (Å²) in [5, 5.41) is 11.2. The summed E-state index contributed by atoms with van der Waals surface area (Å²) < 4.78 is 27.4. The first-order chi connectivity index (χ1) is 12.2. The zero-order valence-corrected chi connectivity index (χ0v) is 16.6. The summed E-state index contributed by atoms with van der Waals surface area (Å²) in [5.74, 6) is 0. The number of hydrogen-bond acceptors (Lipinski definition) is 4. The lowest BCUT2D eigenvalue weighted by Crippen LogP contribution is -2.31. The van der Waals surface area contributed by atoms with Crippen LogP contribution in [0.5, 0.6) is 0 Å². The van der Waals surface area contributed by atoms with Gasteiger partial charge in [-0.15, -0.1) is 0 Å². The summed E-state index contributed by atoms with van der Waals surface area (Å²) in [4.78, 5) is 0.496. The van der Waals surface area contributed by atoms with Crippen molar-refractivity contribution >= 4 is 50.6 Å². The van der Waals surface area contributed by atoms with Crippen molar-refractivity contribution in [2.75, 3.05) is 4.72 Å². The average Bonchev–Trinajstić information content (AvgIpc) is 2.59. The van der Waals surface area contributed by atoms with Gasteiger partial charge in [-0.05, 0) is 55.8 Å². The molecule has 0 radical (unpaired) electrons. The number of anilines is 1. The molecule has 26 heavy (non-hydrogen) atoms. The van der Waals surface area contributed by atoms with Gasteiger partial charge in [-0.2, -0.15) is 0 Å². The molecule has 0 aliphatic heterocycles. The normalized spacial score (nSPS) is 12.8. The highest BCUT2D eigenvalue weighted by Crippen LogP contribution is 2.19. The van der Waals surface area contributed by atoms with Gasteiger partial charge in [-0.3, -0.25) is 9.93 Å². The molecule has 1 atom stereocenters. The lowest BCUT2D eigenvalue weighted by molar-refractivity contribution is -0.0305. The SMILES string of the molecule is CC(=S)N(O)C(C)/C=C/c1cccc(NS(=O)(=O)c2ccc(Cl)cc2)c1. The molecular formula is C18H19ClN2O3S2. The molecular weight excluding hydrogens is 392 g/mol. The molecule has 2 N–H and O–H groups in total. The molecule has 2 aromatic rings. The molecule has 0 aliphatic rings. The summed E-state index contributed by atoms with van der Waals surface area (Å²) in [6.45, 7) is 3.42. The second-order valence-electron chi connectivity index (χ2n) is 5.65. The number of halogens is 1. The van der Waals surface area contributed by atoms with Crippen LogP contribution in [0.15, 0.2) is 59.5 Å². The first-order valence-electron chi connectivity index (χ1n) is 7.74. The fourth-order valence-electron chi connectivity index (χ4n) is 2.15. The molecule has 0 aromatic heterocycles. The van der Waals surface area contributed by atoms with E-state index < -0.39 is 10.0 Å². The number of nitrogens with zero attached hydrogens (tertiary/aromatic N) is 1. The highest BCUT2D eigenvalue weighted by molar-refractivity contribution is 7.92. The molecule has 2 aromatic carbocycles. The van der Waals surface area contributed by atoms with Crippen molar-refractivity contribution in [3.8, 4) is 0 Å². The van der Waals surface area contributed by atoms with E-state index in [0.717, 1.165) is 10.6 Å². The smallest absolute Gasteiger partial charge is 0.261 e. The van der Waals surface area contributed by atoms with Gasteiger partial charge in [0.05, 0.1) is 10.9 Å². The molecule has 8 heteroatoms. The topological polar surface area (TPSA) is 69.6 Å². The zero-order chi connectivity index (χ0) is 19.3. The lowest BCUT2D eigenvalue weighted by atomic mass is 10.1. The van der Waals surface area contributed by atoms with Crippen molar-refractivity contribution in [3.63, 3.8) is 0 Å². The van der Waals surface area contributed by atoms with E-state index in [1.807, 2.05) is 6.07 Å². The minimum atomic E-state index is -3.70. The van der Waals surface area contributed by atoms with Crippen molar-refractivity contribution < 1.29 is 13.6 Å². The molecule has 1 unspecified atom stereocenters. The summed E-state index contributed by atoms with van der Waals surface area (Å²) >= 11 is 10.7. The Kier molecular flexibility index (Phi) is 6.77. The largest absolute Gasteiger partial charge is 0.287 e. The maximum Gasteiger partial charge on any atom is 0.261 e. The van der Waals surface area contributed by atoms with Gasteiger partial charge in [-0.1, -0.05) is 48.1 Å². The van der Waals surface area contributed by atoms with Crippen molar-refractivity contribution in [1.29, 1.82) is 0 Å². The summed E-state index contributed by atoms with van der Waals surface area (Å²) in [5.41, 5.74) is 1.21. The number of thiocarbonyl (C=S) groups is 1. The molecule has 2 rings (SSSR count). The molecule has 0 spiro atoms. The second-order valence-corrected chi connectivity index (χ2v) is 8.36. The first-order valence-corrected chi connectivity index (χ1v) is 10.0. The van der Waals surface area contributed by atoms with Crippen molar-refractivity contribution in [1.82, 2.24) is 5.06 Å². The van der Waals surface area contributed by atoms with Crippen LogP contribution in [0.2, 0.25) is 5.02 Å². The van der Waals surface area contributed by atoms with E-state index in [1.165, 1.54) is 24.3 Å². The monoisotopic (exact) mass is 410 g/mol. The van der Waals surface area contributed by atoms with Crippen molar-refractivity contribution in [2.45, 2.75) is 24.8 Å². The van der Waals surface area contributed by atoms with Gasteiger partial charge >= 0.3 is 0 Å². The third-order valence-corrected chi connectivity index (χ3v) is 5.37. The third-order valence-electron chi connectivity index (χ3n) is 3.54. The van der Waals surface area contributed by atoms with E-state index in [4.69, 9.17) is 23.8 Å². The lowest BCUT2D eigenvalue weighted by Gasteiger charge is -2.20. The number of benzene rings is 2. The summed E-state index contributed by atoms with van der Waals surface area (Å²) in [6.07, 6.45) is 3.55. The molecule has 0 amide bonds. The van der Waals surface area contributed by atoms with Crippen LogP contribution in [-0.2, 0) is 10.0 Å². The maximum absolute atomic E-state index is 12.4. The number of hydroxylamine groups is 2. The van der Waals surface area contributed by atoms with Crippen LogP contribution in [0, 0.1) is 0 Å². The predicted octanol–water partition coefficient (Wildman–Crippen LogP) is 4.58. The van der Waals surface area contributed by atoms with E-state index in [2.05, 4.69) is 4.72 Å².